The van der Waals surface area contributed by atoms with Gasteiger partial charge >= 0.3 is 0 Å². The highest BCUT2D eigenvalue weighted by Gasteiger charge is 2.18. The Hall–Kier alpha value is -2.06. The van der Waals surface area contributed by atoms with Crippen molar-refractivity contribution in [1.82, 2.24) is 15.1 Å². The van der Waals surface area contributed by atoms with Crippen LogP contribution in [0.1, 0.15) is 5.56 Å². The molecule has 0 fully saturated rings. The molecule has 0 saturated heterocycles. The topological polar surface area (TPSA) is 87.3 Å². The summed E-state index contributed by atoms with van der Waals surface area (Å²) < 4.78 is 32.1. The Labute approximate surface area is 124 Å². The second-order valence-corrected chi connectivity index (χ2v) is 6.45. The molecular formula is C13H18N4O3S. The maximum absolute atomic E-state index is 12.2. The maximum atomic E-state index is 12.2. The molecule has 0 spiro atoms. The SMILES string of the molecule is COc1ccc(CN(C)C)cc1NS(=O)(=O)c1ccn[nH]1. The van der Waals surface area contributed by atoms with Crippen molar-refractivity contribution < 1.29 is 13.2 Å². The summed E-state index contributed by atoms with van der Waals surface area (Å²) in [7, 11) is 1.67. The van der Waals surface area contributed by atoms with Crippen LogP contribution in [0.15, 0.2) is 35.5 Å². The summed E-state index contributed by atoms with van der Waals surface area (Å²) in [6, 6.07) is 6.78. The van der Waals surface area contributed by atoms with Crippen LogP contribution in [-0.4, -0.2) is 44.7 Å². The van der Waals surface area contributed by atoms with Gasteiger partial charge in [-0.3, -0.25) is 9.82 Å². The van der Waals surface area contributed by atoms with E-state index >= 15 is 0 Å². The summed E-state index contributed by atoms with van der Waals surface area (Å²) in [4.78, 5) is 2.00. The van der Waals surface area contributed by atoms with E-state index in [4.69, 9.17) is 4.74 Å². The highest BCUT2D eigenvalue weighted by molar-refractivity contribution is 7.92. The number of sulfonamides is 1. The van der Waals surface area contributed by atoms with Gasteiger partial charge in [0.15, 0.2) is 5.03 Å². The quantitative estimate of drug-likeness (QED) is 0.839. The van der Waals surface area contributed by atoms with Gasteiger partial charge in [0.1, 0.15) is 5.75 Å². The van der Waals surface area contributed by atoms with E-state index in [-0.39, 0.29) is 5.03 Å². The number of rotatable bonds is 6. The molecule has 2 N–H and O–H groups in total. The molecule has 114 valence electrons. The summed E-state index contributed by atoms with van der Waals surface area (Å²) in [5, 5.41) is 6.08. The third-order valence-electron chi connectivity index (χ3n) is 2.77. The van der Waals surface area contributed by atoms with Gasteiger partial charge < -0.3 is 9.64 Å². The molecule has 0 aliphatic carbocycles. The Kier molecular flexibility index (Phi) is 4.49. The number of nitrogens with one attached hydrogen (secondary N) is 2. The molecule has 1 heterocycles. The molecule has 0 bridgehead atoms. The van der Waals surface area contributed by atoms with Crippen LogP contribution in [0.5, 0.6) is 5.75 Å². The van der Waals surface area contributed by atoms with E-state index in [9.17, 15) is 8.42 Å². The molecule has 0 amide bonds. The Morgan fingerprint density at radius 3 is 2.67 bits per heavy atom. The molecule has 0 saturated carbocycles. The van der Waals surface area contributed by atoms with Crippen molar-refractivity contribution in [1.29, 1.82) is 0 Å². The number of aromatic nitrogens is 2. The normalized spacial score (nSPS) is 11.6. The van der Waals surface area contributed by atoms with Crippen molar-refractivity contribution in [2.45, 2.75) is 11.6 Å². The molecule has 1 aromatic heterocycles. The van der Waals surface area contributed by atoms with Crippen LogP contribution in [0.4, 0.5) is 5.69 Å². The second kappa shape index (κ2) is 6.15. The molecule has 8 heteroatoms. The van der Waals surface area contributed by atoms with Gasteiger partial charge in [-0.25, -0.2) is 0 Å². The third kappa shape index (κ3) is 3.73. The smallest absolute Gasteiger partial charge is 0.278 e. The average Bonchev–Trinajstić information content (AvgIpc) is 2.92. The molecule has 2 rings (SSSR count). The van der Waals surface area contributed by atoms with Crippen molar-refractivity contribution in [3.63, 3.8) is 0 Å². The van der Waals surface area contributed by atoms with Crippen molar-refractivity contribution >= 4 is 15.7 Å². The van der Waals surface area contributed by atoms with Crippen LogP contribution < -0.4 is 9.46 Å². The lowest BCUT2D eigenvalue weighted by Crippen LogP contribution is -2.15. The van der Waals surface area contributed by atoms with Crippen molar-refractivity contribution in [3.05, 3.63) is 36.0 Å². The van der Waals surface area contributed by atoms with E-state index in [1.165, 1.54) is 19.4 Å². The number of nitrogens with zero attached hydrogens (tertiary/aromatic N) is 2. The summed E-state index contributed by atoms with van der Waals surface area (Å²) >= 11 is 0. The standard InChI is InChI=1S/C13H18N4O3S/c1-17(2)9-10-4-5-12(20-3)11(8-10)16-21(18,19)13-6-7-14-15-13/h4-8,16H,9H2,1-3H3,(H,14,15). The summed E-state index contributed by atoms with van der Waals surface area (Å²) in [6.45, 7) is 0.697. The van der Waals surface area contributed by atoms with E-state index in [0.29, 0.717) is 18.0 Å². The van der Waals surface area contributed by atoms with Crippen LogP contribution in [0.2, 0.25) is 0 Å². The zero-order valence-electron chi connectivity index (χ0n) is 12.1. The lowest BCUT2D eigenvalue weighted by atomic mass is 10.2. The van der Waals surface area contributed by atoms with Gasteiger partial charge in [0, 0.05) is 6.54 Å². The Bertz CT molecular complexity index is 696. The van der Waals surface area contributed by atoms with Crippen molar-refractivity contribution in [2.24, 2.45) is 0 Å². The van der Waals surface area contributed by atoms with Crippen LogP contribution >= 0.6 is 0 Å². The van der Waals surface area contributed by atoms with Gasteiger partial charge in [0.2, 0.25) is 0 Å². The molecule has 0 radical (unpaired) electrons. The highest BCUT2D eigenvalue weighted by atomic mass is 32.2. The van der Waals surface area contributed by atoms with E-state index in [0.717, 1.165) is 5.56 Å². The lowest BCUT2D eigenvalue weighted by Gasteiger charge is -2.14. The minimum atomic E-state index is -3.71. The van der Waals surface area contributed by atoms with Crippen LogP contribution in [0.25, 0.3) is 0 Å². The van der Waals surface area contributed by atoms with Crippen LogP contribution in [-0.2, 0) is 16.6 Å². The van der Waals surface area contributed by atoms with Crippen molar-refractivity contribution in [3.8, 4) is 5.75 Å². The summed E-state index contributed by atoms with van der Waals surface area (Å²) in [6.07, 6.45) is 1.38. The van der Waals surface area contributed by atoms with Gasteiger partial charge in [-0.15, -0.1) is 0 Å². The largest absolute Gasteiger partial charge is 0.495 e. The molecule has 0 unspecified atom stereocenters. The fraction of sp³-hybridized carbons (Fsp3) is 0.308. The molecule has 1 aromatic carbocycles. The monoisotopic (exact) mass is 310 g/mol. The number of H-pyrrole nitrogens is 1. The number of hydrogen-bond acceptors (Lipinski definition) is 5. The van der Waals surface area contributed by atoms with Crippen LogP contribution in [0, 0.1) is 0 Å². The number of hydrogen-bond donors (Lipinski definition) is 2. The second-order valence-electron chi connectivity index (χ2n) is 4.80. The average molecular weight is 310 g/mol. The highest BCUT2D eigenvalue weighted by Crippen LogP contribution is 2.28. The van der Waals surface area contributed by atoms with E-state index in [1.54, 1.807) is 12.1 Å². The zero-order chi connectivity index (χ0) is 15.5. The fourth-order valence-electron chi connectivity index (χ4n) is 1.89. The lowest BCUT2D eigenvalue weighted by molar-refractivity contribution is 0.400. The first-order valence-corrected chi connectivity index (χ1v) is 7.74. The minimum absolute atomic E-state index is 0.00238. The zero-order valence-corrected chi connectivity index (χ0v) is 12.9. The van der Waals surface area contributed by atoms with Gasteiger partial charge in [0.05, 0.1) is 19.0 Å². The number of ether oxygens (including phenoxy) is 1. The molecule has 2 aromatic rings. The molecule has 0 aliphatic heterocycles. The number of methoxy groups -OCH3 is 1. The van der Waals surface area contributed by atoms with Gasteiger partial charge in [0.25, 0.3) is 10.0 Å². The Balaban J connectivity index is 2.33. The molecule has 7 nitrogen and oxygen atoms in total. The molecule has 0 aliphatic rings. The predicted octanol–water partition coefficient (Wildman–Crippen LogP) is 1.28. The predicted molar refractivity (Wildman–Crippen MR) is 79.8 cm³/mol. The third-order valence-corrected chi connectivity index (χ3v) is 4.07. The molecule has 21 heavy (non-hydrogen) atoms. The van der Waals surface area contributed by atoms with E-state index in [1.807, 2.05) is 25.1 Å². The minimum Gasteiger partial charge on any atom is -0.495 e. The number of aromatic amines is 1. The number of benzene rings is 1. The first-order valence-electron chi connectivity index (χ1n) is 6.26. The fourth-order valence-corrected chi connectivity index (χ4v) is 2.86. The van der Waals surface area contributed by atoms with Crippen molar-refractivity contribution in [2.75, 3.05) is 25.9 Å². The molecular weight excluding hydrogens is 292 g/mol. The van der Waals surface area contributed by atoms with E-state index < -0.39 is 10.0 Å². The van der Waals surface area contributed by atoms with Gasteiger partial charge in [-0.1, -0.05) is 6.07 Å². The summed E-state index contributed by atoms with van der Waals surface area (Å²) in [5.41, 5.74) is 1.37. The van der Waals surface area contributed by atoms with Crippen LogP contribution in [0.3, 0.4) is 0 Å². The molecule has 0 atom stereocenters. The maximum Gasteiger partial charge on any atom is 0.278 e. The Morgan fingerprint density at radius 1 is 1.33 bits per heavy atom. The van der Waals surface area contributed by atoms with Gasteiger partial charge in [-0.2, -0.15) is 13.5 Å². The summed E-state index contributed by atoms with van der Waals surface area (Å²) in [5.74, 6) is 0.459. The van der Waals surface area contributed by atoms with Gasteiger partial charge in [-0.05, 0) is 37.9 Å². The first kappa shape index (κ1) is 15.3. The Morgan fingerprint density at radius 2 is 2.10 bits per heavy atom. The van der Waals surface area contributed by atoms with E-state index in [2.05, 4.69) is 14.9 Å². The number of anilines is 1. The first-order chi connectivity index (χ1) is 9.92.